The molecule has 0 amide bonds. The summed E-state index contributed by atoms with van der Waals surface area (Å²) in [7, 11) is 0. The molecule has 0 radical (unpaired) electrons. The van der Waals surface area contributed by atoms with Crippen LogP contribution in [-0.4, -0.2) is 43.4 Å². The summed E-state index contributed by atoms with van der Waals surface area (Å²) in [6, 6.07) is 1.96. The molecule has 40 heavy (non-hydrogen) atoms. The Balaban J connectivity index is 2.07. The number of phenols is 1. The summed E-state index contributed by atoms with van der Waals surface area (Å²) < 4.78 is 0. The Kier molecular flexibility index (Phi) is 7.03. The maximum Gasteiger partial charge on any atom is 0.203 e. The van der Waals surface area contributed by atoms with Gasteiger partial charge in [-0.2, -0.15) is 0 Å². The van der Waals surface area contributed by atoms with E-state index in [1.165, 1.54) is 0 Å². The van der Waals surface area contributed by atoms with Gasteiger partial charge in [-0.1, -0.05) is 53.2 Å². The first-order valence-corrected chi connectivity index (χ1v) is 14.1. The Hall–Kier alpha value is -3.19. The predicted octanol–water partition coefficient (Wildman–Crippen LogP) is 5.82. The largest absolute Gasteiger partial charge is 0.508 e. The van der Waals surface area contributed by atoms with Crippen molar-refractivity contribution in [3.8, 4) is 5.75 Å². The van der Waals surface area contributed by atoms with Crippen molar-refractivity contribution in [1.29, 1.82) is 0 Å². The third-order valence-electron chi connectivity index (χ3n) is 9.56. The highest BCUT2D eigenvalue weighted by Crippen LogP contribution is 2.65. The Labute approximate surface area is 236 Å². The van der Waals surface area contributed by atoms with E-state index in [0.717, 1.165) is 23.6 Å². The van der Waals surface area contributed by atoms with Crippen LogP contribution in [0.2, 0.25) is 0 Å². The zero-order chi connectivity index (χ0) is 30.3. The third-order valence-corrected chi connectivity index (χ3v) is 9.56. The van der Waals surface area contributed by atoms with E-state index in [0.29, 0.717) is 18.4 Å². The second kappa shape index (κ2) is 9.44. The summed E-state index contributed by atoms with van der Waals surface area (Å²) in [5.74, 6) is -5.02. The van der Waals surface area contributed by atoms with Gasteiger partial charge in [-0.05, 0) is 68.1 Å². The molecule has 7 nitrogen and oxygen atoms in total. The van der Waals surface area contributed by atoms with Gasteiger partial charge in [-0.15, -0.1) is 6.58 Å². The second-order valence-corrected chi connectivity index (χ2v) is 13.4. The van der Waals surface area contributed by atoms with Crippen LogP contribution in [0.1, 0.15) is 96.4 Å². The number of ketones is 3. The molecule has 4 rings (SSSR count). The molecule has 7 heteroatoms. The van der Waals surface area contributed by atoms with Crippen molar-refractivity contribution in [3.63, 3.8) is 0 Å². The fourth-order valence-electron chi connectivity index (χ4n) is 7.93. The standard InChI is InChI=1S/C33H42O7/c1-15(2)10-11-19-12-20(16(3)4)21-13-31(8)14-32(9)24(17(5)6)27(36)22(18(7)34)29(38)33(32,40)30(39)25(31)28(37)23(21)26(19)35/h12,16-17,24,35,37-38,40H,1,10-11,13-14H2,2-9H3/t24?,31-,32-,33+/m1/s1. The molecule has 0 saturated heterocycles. The highest BCUT2D eigenvalue weighted by molar-refractivity contribution is 6.24. The van der Waals surface area contributed by atoms with Crippen LogP contribution in [0.4, 0.5) is 0 Å². The maximum absolute atomic E-state index is 14.5. The van der Waals surface area contributed by atoms with E-state index in [1.807, 2.05) is 33.8 Å². The van der Waals surface area contributed by atoms with Gasteiger partial charge in [0.05, 0.1) is 5.56 Å². The van der Waals surface area contributed by atoms with Gasteiger partial charge in [0.25, 0.3) is 0 Å². The van der Waals surface area contributed by atoms with E-state index in [2.05, 4.69) is 6.58 Å². The molecule has 216 valence electrons. The lowest BCUT2D eigenvalue weighted by atomic mass is 9.43. The van der Waals surface area contributed by atoms with Gasteiger partial charge >= 0.3 is 0 Å². The van der Waals surface area contributed by atoms with Gasteiger partial charge in [0.2, 0.25) is 5.78 Å². The summed E-state index contributed by atoms with van der Waals surface area (Å²) in [5.41, 5.74) is -2.37. The van der Waals surface area contributed by atoms with Crippen LogP contribution in [0.15, 0.2) is 35.1 Å². The van der Waals surface area contributed by atoms with Crippen molar-refractivity contribution < 1.29 is 34.8 Å². The normalized spacial score (nSPS) is 30.0. The first-order valence-electron chi connectivity index (χ1n) is 14.1. The molecule has 1 saturated carbocycles. The smallest absolute Gasteiger partial charge is 0.203 e. The maximum atomic E-state index is 14.5. The summed E-state index contributed by atoms with van der Waals surface area (Å²) in [6.45, 7) is 18.1. The highest BCUT2D eigenvalue weighted by Gasteiger charge is 2.72. The van der Waals surface area contributed by atoms with E-state index < -0.39 is 56.8 Å². The van der Waals surface area contributed by atoms with Crippen molar-refractivity contribution in [2.75, 3.05) is 0 Å². The Bertz CT molecular complexity index is 1420. The van der Waals surface area contributed by atoms with E-state index in [-0.39, 0.29) is 41.6 Å². The van der Waals surface area contributed by atoms with Crippen molar-refractivity contribution in [3.05, 3.63) is 57.4 Å². The van der Waals surface area contributed by atoms with E-state index in [4.69, 9.17) is 0 Å². The quantitative estimate of drug-likeness (QED) is 0.259. The summed E-state index contributed by atoms with van der Waals surface area (Å²) >= 11 is 0. The molecule has 4 atom stereocenters. The number of fused-ring (bicyclic) bond motifs is 3. The van der Waals surface area contributed by atoms with Crippen LogP contribution in [-0.2, 0) is 27.2 Å². The molecule has 0 heterocycles. The van der Waals surface area contributed by atoms with Gasteiger partial charge in [0.1, 0.15) is 22.8 Å². The summed E-state index contributed by atoms with van der Waals surface area (Å²) in [4.78, 5) is 40.6. The molecule has 1 unspecified atom stereocenters. The Morgan fingerprint density at radius 3 is 2.20 bits per heavy atom. The Morgan fingerprint density at radius 1 is 1.10 bits per heavy atom. The molecule has 1 aromatic carbocycles. The molecule has 0 aromatic heterocycles. The summed E-state index contributed by atoms with van der Waals surface area (Å²) in [5, 5.41) is 46.7. The lowest BCUT2D eigenvalue weighted by Crippen LogP contribution is -2.69. The average Bonchev–Trinajstić information content (AvgIpc) is 2.80. The second-order valence-electron chi connectivity index (χ2n) is 13.4. The molecular formula is C33H42O7. The fourth-order valence-corrected chi connectivity index (χ4v) is 7.93. The van der Waals surface area contributed by atoms with Crippen LogP contribution < -0.4 is 0 Å². The number of allylic oxidation sites excluding steroid dienone is 2. The lowest BCUT2D eigenvalue weighted by Gasteiger charge is -2.60. The number of phenolic OH excluding ortho intramolecular Hbond substituents is 1. The third kappa shape index (κ3) is 3.84. The number of aromatic hydroxyl groups is 1. The molecule has 4 N–H and O–H groups in total. The molecule has 0 aliphatic heterocycles. The van der Waals surface area contributed by atoms with Gasteiger partial charge in [-0.25, -0.2) is 0 Å². The van der Waals surface area contributed by atoms with Crippen LogP contribution in [0.5, 0.6) is 5.75 Å². The number of hydrogen-bond acceptors (Lipinski definition) is 7. The van der Waals surface area contributed by atoms with Crippen LogP contribution in [0.3, 0.4) is 0 Å². The number of hydrogen-bond donors (Lipinski definition) is 4. The lowest BCUT2D eigenvalue weighted by molar-refractivity contribution is -0.178. The van der Waals surface area contributed by atoms with Gasteiger partial charge in [0, 0.05) is 22.3 Å². The summed E-state index contributed by atoms with van der Waals surface area (Å²) in [6.07, 6.45) is 1.49. The zero-order valence-corrected chi connectivity index (χ0v) is 24.9. The molecule has 1 aromatic rings. The number of rotatable bonds is 6. The molecule has 3 aliphatic rings. The predicted molar refractivity (Wildman–Crippen MR) is 153 cm³/mol. The number of benzene rings is 1. The number of Topliss-reactive ketones (excluding diaryl/α,β-unsaturated/α-hetero) is 3. The van der Waals surface area contributed by atoms with Gasteiger partial charge < -0.3 is 20.4 Å². The van der Waals surface area contributed by atoms with Crippen molar-refractivity contribution in [1.82, 2.24) is 0 Å². The minimum absolute atomic E-state index is 0.0486. The Morgan fingerprint density at radius 2 is 1.70 bits per heavy atom. The monoisotopic (exact) mass is 550 g/mol. The average molecular weight is 551 g/mol. The van der Waals surface area contributed by atoms with E-state index in [9.17, 15) is 34.8 Å². The molecule has 1 fully saturated rings. The van der Waals surface area contributed by atoms with Gasteiger partial charge in [-0.3, -0.25) is 14.4 Å². The fraction of sp³-hybridized carbons (Fsp3) is 0.545. The molecule has 0 bridgehead atoms. The van der Waals surface area contributed by atoms with Crippen molar-refractivity contribution in [2.24, 2.45) is 22.7 Å². The highest BCUT2D eigenvalue weighted by atomic mass is 16.3. The minimum Gasteiger partial charge on any atom is -0.508 e. The number of carbonyl (C=O) groups is 3. The van der Waals surface area contributed by atoms with E-state index >= 15 is 0 Å². The topological polar surface area (TPSA) is 132 Å². The van der Waals surface area contributed by atoms with E-state index in [1.54, 1.807) is 20.8 Å². The number of aliphatic hydroxyl groups is 3. The van der Waals surface area contributed by atoms with Crippen LogP contribution in [0, 0.1) is 22.7 Å². The van der Waals surface area contributed by atoms with Crippen molar-refractivity contribution in [2.45, 2.75) is 92.6 Å². The molecular weight excluding hydrogens is 508 g/mol. The molecule has 3 aliphatic carbocycles. The number of aryl methyl sites for hydroxylation is 1. The first-order chi connectivity index (χ1) is 18.3. The van der Waals surface area contributed by atoms with Crippen LogP contribution >= 0.6 is 0 Å². The van der Waals surface area contributed by atoms with Gasteiger partial charge in [0.15, 0.2) is 17.2 Å². The zero-order valence-electron chi connectivity index (χ0n) is 24.9. The SMILES string of the molecule is C=C(C)CCc1cc(C(C)C)c2c(c1O)C(O)=C1C(=O)[C@@]3(O)C(O)=C(C(C)=O)C(=O)C(C(C)C)[C@@]3(C)C[C@@]1(C)C2. The van der Waals surface area contributed by atoms with Crippen molar-refractivity contribution >= 4 is 23.1 Å². The number of aliphatic hydroxyl groups excluding tert-OH is 2. The number of carbonyl (C=O) groups excluding carboxylic acids is 3. The minimum atomic E-state index is -2.61. The first kappa shape index (κ1) is 29.8. The molecule has 0 spiro atoms. The van der Waals surface area contributed by atoms with Crippen LogP contribution in [0.25, 0.3) is 5.76 Å².